The van der Waals surface area contributed by atoms with E-state index < -0.39 is 0 Å². The fourth-order valence-corrected chi connectivity index (χ4v) is 8.07. The zero-order chi connectivity index (χ0) is 25.5. The number of nitrogens with zero attached hydrogens (tertiary/aromatic N) is 1. The molecule has 0 aromatic heterocycles. The maximum Gasteiger partial charge on any atom is 0.142 e. The van der Waals surface area contributed by atoms with Gasteiger partial charge >= 0.3 is 0 Å². The predicted molar refractivity (Wildman–Crippen MR) is 143 cm³/mol. The molecular weight excluding hydrogens is 453 g/mol. The SMILES string of the molecule is COc1cc2c(O)cc3c(c2cc1N1CCOCC1)-c1ccc(F)cc1C31CC(C)(C)CC(C)(C)C1. The largest absolute Gasteiger partial charge is 0.507 e. The van der Waals surface area contributed by atoms with Crippen LogP contribution in [0, 0.1) is 16.6 Å². The maximum atomic E-state index is 14.8. The highest BCUT2D eigenvalue weighted by Gasteiger charge is 2.54. The van der Waals surface area contributed by atoms with Crippen molar-refractivity contribution >= 4 is 16.5 Å². The Morgan fingerprint density at radius 2 is 1.58 bits per heavy atom. The molecule has 4 nitrogen and oxygen atoms in total. The normalized spacial score (nSPS) is 21.4. The Morgan fingerprint density at radius 3 is 2.25 bits per heavy atom. The van der Waals surface area contributed by atoms with Crippen LogP contribution in [0.25, 0.3) is 21.9 Å². The Balaban J connectivity index is 1.68. The summed E-state index contributed by atoms with van der Waals surface area (Å²) in [6, 6.07) is 11.4. The molecule has 3 aliphatic rings. The minimum absolute atomic E-state index is 0.0798. The number of ether oxygens (including phenoxy) is 2. The van der Waals surface area contributed by atoms with Crippen molar-refractivity contribution in [2.45, 2.75) is 52.4 Å². The smallest absolute Gasteiger partial charge is 0.142 e. The van der Waals surface area contributed by atoms with Crippen molar-refractivity contribution < 1.29 is 19.0 Å². The number of hydrogen-bond donors (Lipinski definition) is 1. The number of rotatable bonds is 2. The molecule has 0 bridgehead atoms. The van der Waals surface area contributed by atoms with E-state index in [1.54, 1.807) is 19.2 Å². The van der Waals surface area contributed by atoms with Crippen LogP contribution in [0.15, 0.2) is 36.4 Å². The number of aromatic hydroxyl groups is 1. The van der Waals surface area contributed by atoms with Gasteiger partial charge in [0.1, 0.15) is 17.3 Å². The fourth-order valence-electron chi connectivity index (χ4n) is 8.07. The van der Waals surface area contributed by atoms with E-state index >= 15 is 0 Å². The molecule has 2 aliphatic carbocycles. The summed E-state index contributed by atoms with van der Waals surface area (Å²) in [6.45, 7) is 12.2. The van der Waals surface area contributed by atoms with Crippen LogP contribution in [0.1, 0.15) is 58.1 Å². The van der Waals surface area contributed by atoms with E-state index in [1.165, 1.54) is 0 Å². The molecule has 0 atom stereocenters. The summed E-state index contributed by atoms with van der Waals surface area (Å²) in [5, 5.41) is 13.2. The van der Waals surface area contributed by atoms with Crippen LogP contribution in [0.2, 0.25) is 0 Å². The van der Waals surface area contributed by atoms with Gasteiger partial charge in [0, 0.05) is 23.9 Å². The first-order valence-corrected chi connectivity index (χ1v) is 13.0. The topological polar surface area (TPSA) is 41.9 Å². The minimum atomic E-state index is -0.345. The van der Waals surface area contributed by atoms with Gasteiger partial charge in [0.15, 0.2) is 0 Å². The van der Waals surface area contributed by atoms with Gasteiger partial charge in [-0.2, -0.15) is 0 Å². The molecule has 1 N–H and O–H groups in total. The number of methoxy groups -OCH3 is 1. The number of anilines is 1. The summed E-state index contributed by atoms with van der Waals surface area (Å²) >= 11 is 0. The van der Waals surface area contributed by atoms with E-state index in [0.29, 0.717) is 13.2 Å². The van der Waals surface area contributed by atoms with Crippen LogP contribution in [0.3, 0.4) is 0 Å². The average Bonchev–Trinajstić information content (AvgIpc) is 3.04. The quantitative estimate of drug-likeness (QED) is 0.420. The second kappa shape index (κ2) is 7.85. The number of phenols is 1. The molecule has 1 aliphatic heterocycles. The van der Waals surface area contributed by atoms with Crippen LogP contribution in [0.5, 0.6) is 11.5 Å². The summed E-state index contributed by atoms with van der Waals surface area (Å²) < 4.78 is 26.2. The molecule has 2 fully saturated rings. The highest BCUT2D eigenvalue weighted by Crippen LogP contribution is 2.65. The first-order chi connectivity index (χ1) is 17.0. The first-order valence-electron chi connectivity index (χ1n) is 13.0. The number of benzene rings is 3. The van der Waals surface area contributed by atoms with Crippen molar-refractivity contribution in [3.05, 3.63) is 53.3 Å². The van der Waals surface area contributed by atoms with Crippen molar-refractivity contribution in [2.24, 2.45) is 10.8 Å². The molecule has 0 amide bonds. The molecular formula is C31H36FNO3. The van der Waals surface area contributed by atoms with Gasteiger partial charge in [0.2, 0.25) is 0 Å². The molecule has 0 radical (unpaired) electrons. The van der Waals surface area contributed by atoms with Crippen LogP contribution in [0.4, 0.5) is 10.1 Å². The van der Waals surface area contributed by atoms with E-state index in [-0.39, 0.29) is 27.8 Å². The van der Waals surface area contributed by atoms with Gasteiger partial charge in [0.25, 0.3) is 0 Å². The standard InChI is InChI=1S/C31H36FNO3/c1-29(2)16-30(3,4)18-31(17-29)23-12-19(32)6-7-20(23)28-22-13-25(33-8-10-36-11-9-33)27(35-5)14-21(22)26(34)15-24(28)31/h6-7,12-15,34H,8-11,16-18H2,1-5H3. The summed E-state index contributed by atoms with van der Waals surface area (Å²) in [4.78, 5) is 2.29. The monoisotopic (exact) mass is 489 g/mol. The third kappa shape index (κ3) is 3.50. The van der Waals surface area contributed by atoms with E-state index in [1.807, 2.05) is 18.2 Å². The Labute approximate surface area is 213 Å². The van der Waals surface area contributed by atoms with E-state index in [2.05, 4.69) is 38.7 Å². The van der Waals surface area contributed by atoms with Gasteiger partial charge in [0.05, 0.1) is 26.0 Å². The zero-order valence-electron chi connectivity index (χ0n) is 22.0. The summed E-state index contributed by atoms with van der Waals surface area (Å²) in [5.41, 5.74) is 5.23. The summed E-state index contributed by atoms with van der Waals surface area (Å²) in [5.74, 6) is 0.794. The third-order valence-corrected chi connectivity index (χ3v) is 8.57. The fraction of sp³-hybridized carbons (Fsp3) is 0.484. The Bertz CT molecular complexity index is 1350. The minimum Gasteiger partial charge on any atom is -0.507 e. The third-order valence-electron chi connectivity index (χ3n) is 8.57. The van der Waals surface area contributed by atoms with Crippen LogP contribution < -0.4 is 9.64 Å². The van der Waals surface area contributed by atoms with Crippen molar-refractivity contribution in [1.82, 2.24) is 0 Å². The van der Waals surface area contributed by atoms with Gasteiger partial charge in [-0.3, -0.25) is 0 Å². The van der Waals surface area contributed by atoms with Crippen molar-refractivity contribution in [3.8, 4) is 22.6 Å². The van der Waals surface area contributed by atoms with Crippen molar-refractivity contribution in [1.29, 1.82) is 0 Å². The van der Waals surface area contributed by atoms with Crippen molar-refractivity contribution in [2.75, 3.05) is 38.3 Å². The molecule has 0 unspecified atom stereocenters. The second-order valence-corrected chi connectivity index (χ2v) is 12.6. The van der Waals surface area contributed by atoms with Gasteiger partial charge in [-0.25, -0.2) is 4.39 Å². The van der Waals surface area contributed by atoms with E-state index in [4.69, 9.17) is 9.47 Å². The Kier molecular flexibility index (Phi) is 5.15. The number of fused-ring (bicyclic) bond motifs is 7. The summed E-state index contributed by atoms with van der Waals surface area (Å²) in [7, 11) is 1.68. The first kappa shape index (κ1) is 23.6. The lowest BCUT2D eigenvalue weighted by atomic mass is 9.52. The number of phenolic OH excluding ortho intramolecular Hbond substituents is 1. The summed E-state index contributed by atoms with van der Waals surface area (Å²) in [6.07, 6.45) is 2.95. The number of hydrogen-bond acceptors (Lipinski definition) is 4. The molecule has 190 valence electrons. The molecule has 36 heavy (non-hydrogen) atoms. The number of halogens is 1. The lowest BCUT2D eigenvalue weighted by Crippen LogP contribution is -2.44. The molecule has 3 aromatic rings. The Morgan fingerprint density at radius 1 is 0.889 bits per heavy atom. The van der Waals surface area contributed by atoms with Crippen LogP contribution >= 0.6 is 0 Å². The molecule has 1 heterocycles. The predicted octanol–water partition coefficient (Wildman–Crippen LogP) is 7.03. The van der Waals surface area contributed by atoms with Gasteiger partial charge in [-0.15, -0.1) is 0 Å². The van der Waals surface area contributed by atoms with Crippen LogP contribution in [-0.4, -0.2) is 38.5 Å². The van der Waals surface area contributed by atoms with Crippen LogP contribution in [-0.2, 0) is 10.2 Å². The molecule has 5 heteroatoms. The lowest BCUT2D eigenvalue weighted by molar-refractivity contribution is 0.0644. The van der Waals surface area contributed by atoms with Crippen molar-refractivity contribution in [3.63, 3.8) is 0 Å². The molecule has 3 aromatic carbocycles. The van der Waals surface area contributed by atoms with E-state index in [9.17, 15) is 9.50 Å². The van der Waals surface area contributed by atoms with E-state index in [0.717, 1.165) is 76.8 Å². The van der Waals surface area contributed by atoms with Gasteiger partial charge in [-0.05, 0) is 88.1 Å². The molecule has 1 saturated heterocycles. The average molecular weight is 490 g/mol. The van der Waals surface area contributed by atoms with Gasteiger partial charge < -0.3 is 19.5 Å². The maximum absolute atomic E-state index is 14.8. The Hall–Kier alpha value is -2.79. The number of morpholine rings is 1. The molecule has 6 rings (SSSR count). The molecule has 1 spiro atoms. The van der Waals surface area contributed by atoms with Gasteiger partial charge in [-0.1, -0.05) is 33.8 Å². The highest BCUT2D eigenvalue weighted by molar-refractivity contribution is 6.07. The zero-order valence-corrected chi connectivity index (χ0v) is 22.0. The highest BCUT2D eigenvalue weighted by atomic mass is 19.1. The lowest BCUT2D eigenvalue weighted by Gasteiger charge is -2.51. The second-order valence-electron chi connectivity index (χ2n) is 12.6. The molecule has 1 saturated carbocycles.